The van der Waals surface area contributed by atoms with Crippen LogP contribution in [0.1, 0.15) is 72.4 Å². The van der Waals surface area contributed by atoms with E-state index in [1.165, 1.54) is 12.1 Å². The molecule has 2 fully saturated rings. The van der Waals surface area contributed by atoms with Gasteiger partial charge in [0.2, 0.25) is 5.91 Å². The Morgan fingerprint density at radius 2 is 2.00 bits per heavy atom. The molecule has 0 saturated carbocycles. The van der Waals surface area contributed by atoms with E-state index in [4.69, 9.17) is 0 Å². The van der Waals surface area contributed by atoms with Crippen LogP contribution in [0.15, 0.2) is 60.9 Å². The first-order valence-corrected chi connectivity index (χ1v) is 12.3. The van der Waals surface area contributed by atoms with Gasteiger partial charge in [0.15, 0.2) is 0 Å². The van der Waals surface area contributed by atoms with Crippen LogP contribution >= 0.6 is 0 Å². The number of aromatic nitrogens is 2. The molecule has 6 nitrogen and oxygen atoms in total. The summed E-state index contributed by atoms with van der Waals surface area (Å²) in [6.45, 7) is 4.63. The molecule has 0 bridgehead atoms. The van der Waals surface area contributed by atoms with Crippen LogP contribution in [-0.2, 0) is 11.3 Å². The zero-order valence-corrected chi connectivity index (χ0v) is 20.2. The highest BCUT2D eigenvalue weighted by molar-refractivity contribution is 5.95. The third-order valence-corrected chi connectivity index (χ3v) is 7.52. The van der Waals surface area contributed by atoms with Gasteiger partial charge in [0, 0.05) is 30.9 Å². The lowest BCUT2D eigenvalue weighted by Gasteiger charge is -2.38. The Hall–Kier alpha value is -3.48. The molecule has 2 aromatic carbocycles. The average Bonchev–Trinajstić information content (AvgIpc) is 3.35. The van der Waals surface area contributed by atoms with Crippen LogP contribution < -0.4 is 5.32 Å². The number of nitrogens with zero attached hydrogens (tertiary/aromatic N) is 3. The third-order valence-electron chi connectivity index (χ3n) is 7.52. The highest BCUT2D eigenvalue weighted by Gasteiger charge is 2.52. The summed E-state index contributed by atoms with van der Waals surface area (Å²) in [6, 6.07) is 13.7. The fourth-order valence-electron chi connectivity index (χ4n) is 5.72. The van der Waals surface area contributed by atoms with E-state index in [9.17, 15) is 14.0 Å². The zero-order valence-electron chi connectivity index (χ0n) is 20.2. The van der Waals surface area contributed by atoms with Gasteiger partial charge in [0.05, 0.1) is 17.6 Å². The summed E-state index contributed by atoms with van der Waals surface area (Å²) in [5.74, 6) is 0.574. The van der Waals surface area contributed by atoms with E-state index in [1.807, 2.05) is 53.8 Å². The molecule has 3 aromatic rings. The molecule has 0 aliphatic carbocycles. The van der Waals surface area contributed by atoms with Gasteiger partial charge in [-0.2, -0.15) is 0 Å². The summed E-state index contributed by atoms with van der Waals surface area (Å²) in [5.41, 5.74) is 1.97. The summed E-state index contributed by atoms with van der Waals surface area (Å²) < 4.78 is 15.8. The van der Waals surface area contributed by atoms with Crippen molar-refractivity contribution in [1.29, 1.82) is 0 Å². The number of hydrogen-bond acceptors (Lipinski definition) is 3. The van der Waals surface area contributed by atoms with E-state index in [2.05, 4.69) is 10.3 Å². The van der Waals surface area contributed by atoms with Gasteiger partial charge in [-0.05, 0) is 68.5 Å². The number of hydrogen-bond donors (Lipinski definition) is 1. The lowest BCUT2D eigenvalue weighted by atomic mass is 9.85. The molecular formula is C28H31FN4O2. The van der Waals surface area contributed by atoms with E-state index < -0.39 is 5.54 Å². The first kappa shape index (κ1) is 23.3. The van der Waals surface area contributed by atoms with Crippen LogP contribution in [0.2, 0.25) is 0 Å². The predicted octanol–water partition coefficient (Wildman–Crippen LogP) is 4.78. The number of aryl methyl sites for hydroxylation is 1. The minimum Gasteiger partial charge on any atom is -0.349 e. The summed E-state index contributed by atoms with van der Waals surface area (Å²) in [7, 11) is 0. The highest BCUT2D eigenvalue weighted by atomic mass is 19.1. The van der Waals surface area contributed by atoms with Crippen LogP contribution in [0.25, 0.3) is 0 Å². The van der Waals surface area contributed by atoms with Crippen molar-refractivity contribution in [3.63, 3.8) is 0 Å². The fraction of sp³-hybridized carbons (Fsp3) is 0.393. The van der Waals surface area contributed by atoms with E-state index in [-0.39, 0.29) is 29.7 Å². The van der Waals surface area contributed by atoms with Crippen molar-refractivity contribution in [1.82, 2.24) is 19.8 Å². The number of imidazole rings is 1. The molecule has 1 aromatic heterocycles. The summed E-state index contributed by atoms with van der Waals surface area (Å²) in [6.07, 6.45) is 7.30. The number of carbonyl (C=O) groups is 2. The first-order chi connectivity index (χ1) is 16.8. The van der Waals surface area contributed by atoms with Crippen LogP contribution in [0, 0.1) is 12.7 Å². The van der Waals surface area contributed by atoms with E-state index in [1.54, 1.807) is 18.3 Å². The molecule has 182 valence electrons. The maximum absolute atomic E-state index is 14.1. The van der Waals surface area contributed by atoms with E-state index in [0.29, 0.717) is 24.9 Å². The van der Waals surface area contributed by atoms with Crippen LogP contribution in [0.4, 0.5) is 4.39 Å². The average molecular weight is 475 g/mol. The molecule has 35 heavy (non-hydrogen) atoms. The number of carbonyl (C=O) groups excluding carboxylic acids is 2. The lowest BCUT2D eigenvalue weighted by molar-refractivity contribution is -0.123. The number of likely N-dealkylation sites (tertiary alicyclic amines) is 1. The molecule has 0 radical (unpaired) electrons. The minimum atomic E-state index is -0.544. The Bertz CT molecular complexity index is 1240. The van der Waals surface area contributed by atoms with Gasteiger partial charge >= 0.3 is 0 Å². The molecule has 2 aliphatic heterocycles. The second-order valence-corrected chi connectivity index (χ2v) is 10.0. The van der Waals surface area contributed by atoms with Crippen molar-refractivity contribution in [2.75, 3.05) is 0 Å². The lowest BCUT2D eigenvalue weighted by Crippen LogP contribution is -2.56. The van der Waals surface area contributed by atoms with Gasteiger partial charge in [0.25, 0.3) is 5.91 Å². The molecule has 7 heteroatoms. The second-order valence-electron chi connectivity index (χ2n) is 10.0. The quantitative estimate of drug-likeness (QED) is 0.592. The second kappa shape index (κ2) is 9.29. The molecule has 0 unspecified atom stereocenters. The van der Waals surface area contributed by atoms with Crippen molar-refractivity contribution in [2.24, 2.45) is 0 Å². The van der Waals surface area contributed by atoms with Gasteiger partial charge in [-0.1, -0.05) is 30.7 Å². The van der Waals surface area contributed by atoms with Crippen LogP contribution in [0.5, 0.6) is 0 Å². The summed E-state index contributed by atoms with van der Waals surface area (Å²) >= 11 is 0. The fourth-order valence-corrected chi connectivity index (χ4v) is 5.72. The van der Waals surface area contributed by atoms with Crippen molar-refractivity contribution >= 4 is 11.8 Å². The highest BCUT2D eigenvalue weighted by Crippen LogP contribution is 2.45. The molecule has 3 atom stereocenters. The van der Waals surface area contributed by atoms with E-state index in [0.717, 1.165) is 36.2 Å². The predicted molar refractivity (Wildman–Crippen MR) is 131 cm³/mol. The van der Waals surface area contributed by atoms with Gasteiger partial charge in [-0.25, -0.2) is 9.37 Å². The summed E-state index contributed by atoms with van der Waals surface area (Å²) in [5, 5.41) is 3.23. The van der Waals surface area contributed by atoms with Gasteiger partial charge in [0.1, 0.15) is 11.6 Å². The smallest absolute Gasteiger partial charge is 0.254 e. The molecule has 2 aliphatic rings. The topological polar surface area (TPSA) is 67.2 Å². The van der Waals surface area contributed by atoms with Gasteiger partial charge < -0.3 is 14.8 Å². The Labute approximate surface area is 205 Å². The largest absolute Gasteiger partial charge is 0.349 e. The van der Waals surface area contributed by atoms with Crippen molar-refractivity contribution in [2.45, 2.75) is 70.1 Å². The van der Waals surface area contributed by atoms with Crippen LogP contribution in [0.3, 0.4) is 0 Å². The van der Waals surface area contributed by atoms with Gasteiger partial charge in [-0.15, -0.1) is 0 Å². The number of rotatable bonds is 4. The normalized spacial score (nSPS) is 24.4. The Morgan fingerprint density at radius 1 is 1.20 bits per heavy atom. The number of fused-ring (bicyclic) bond motifs is 1. The van der Waals surface area contributed by atoms with E-state index >= 15 is 0 Å². The molecule has 5 rings (SSSR count). The standard InChI is InChI=1S/C28H31FN4O2/c1-19-30-14-15-32(19)18-20-6-5-7-22(16-20)27(35)33-24(21-10-12-23(29)13-11-21)17-28(2)25(33)8-3-4-9-26(34)31-28/h5-7,10-16,24-25H,3-4,8-9,17-18H2,1-2H3,(H,31,34)/t24-,25-,28-/m0/s1. The maximum atomic E-state index is 14.1. The Morgan fingerprint density at radius 3 is 2.74 bits per heavy atom. The maximum Gasteiger partial charge on any atom is 0.254 e. The van der Waals surface area contributed by atoms with Gasteiger partial charge in [-0.3, -0.25) is 9.59 Å². The molecule has 2 amide bonds. The zero-order chi connectivity index (χ0) is 24.6. The molecule has 2 saturated heterocycles. The number of nitrogens with one attached hydrogen (secondary N) is 1. The monoisotopic (exact) mass is 474 g/mol. The number of amides is 2. The molecule has 1 N–H and O–H groups in total. The van der Waals surface area contributed by atoms with Crippen molar-refractivity contribution < 1.29 is 14.0 Å². The number of benzene rings is 2. The molecular weight excluding hydrogens is 443 g/mol. The Balaban J connectivity index is 1.52. The van der Waals surface area contributed by atoms with Crippen molar-refractivity contribution in [3.8, 4) is 0 Å². The third kappa shape index (κ3) is 4.59. The minimum absolute atomic E-state index is 0.0297. The Kier molecular flexibility index (Phi) is 6.17. The van der Waals surface area contributed by atoms with Crippen molar-refractivity contribution in [3.05, 3.63) is 89.3 Å². The van der Waals surface area contributed by atoms with Crippen LogP contribution in [-0.4, -0.2) is 37.8 Å². The molecule has 3 heterocycles. The molecule has 0 spiro atoms. The first-order valence-electron chi connectivity index (χ1n) is 12.3. The number of halogens is 1. The SMILES string of the molecule is Cc1nccn1Cc1cccc(C(=O)N2[C@H]3CCCCC(=O)N[C@@]3(C)C[C@H]2c2ccc(F)cc2)c1. The summed E-state index contributed by atoms with van der Waals surface area (Å²) in [4.78, 5) is 32.9.